The zero-order valence-electron chi connectivity index (χ0n) is 15.4. The molecule has 0 fully saturated rings. The molecular weight excluding hydrogens is 296 g/mol. The summed E-state index contributed by atoms with van der Waals surface area (Å²) < 4.78 is 0. The molecule has 4 nitrogen and oxygen atoms in total. The van der Waals surface area contributed by atoms with Crippen molar-refractivity contribution in [2.24, 2.45) is 0 Å². The number of fused-ring (bicyclic) bond motifs is 1. The Labute approximate surface area is 145 Å². The third-order valence-electron chi connectivity index (χ3n) is 4.91. The van der Waals surface area contributed by atoms with Crippen molar-refractivity contribution >= 4 is 11.6 Å². The number of aryl methyl sites for hydroxylation is 1. The van der Waals surface area contributed by atoms with Crippen LogP contribution in [0.2, 0.25) is 0 Å². The summed E-state index contributed by atoms with van der Waals surface area (Å²) in [4.78, 5) is 11.7. The van der Waals surface area contributed by atoms with E-state index in [9.17, 15) is 0 Å². The maximum atomic E-state index is 4.73. The van der Waals surface area contributed by atoms with E-state index in [4.69, 9.17) is 4.98 Å². The molecule has 128 valence electrons. The summed E-state index contributed by atoms with van der Waals surface area (Å²) in [6, 6.07) is 11.2. The van der Waals surface area contributed by atoms with Gasteiger partial charge in [-0.3, -0.25) is 0 Å². The van der Waals surface area contributed by atoms with Crippen LogP contribution in [0, 0.1) is 6.92 Å². The Balaban J connectivity index is 1.96. The second kappa shape index (κ2) is 6.42. The minimum absolute atomic E-state index is 0.0305. The van der Waals surface area contributed by atoms with Gasteiger partial charge in [0, 0.05) is 24.2 Å². The minimum atomic E-state index is 0.0305. The molecule has 4 heteroatoms. The fourth-order valence-corrected chi connectivity index (χ4v) is 3.34. The van der Waals surface area contributed by atoms with Gasteiger partial charge in [0.05, 0.1) is 0 Å². The number of hydrogen-bond acceptors (Lipinski definition) is 4. The lowest BCUT2D eigenvalue weighted by molar-refractivity contribution is 0.427. The number of aromatic nitrogens is 2. The molecule has 0 spiro atoms. The summed E-state index contributed by atoms with van der Waals surface area (Å²) in [6.45, 7) is 11.8. The van der Waals surface area contributed by atoms with Crippen molar-refractivity contribution < 1.29 is 0 Å². The van der Waals surface area contributed by atoms with E-state index in [0.29, 0.717) is 6.04 Å². The molecule has 0 amide bonds. The standard InChI is InChI=1S/C20H28N4/c1-6-14(2)21-18-11-19(23-15(3)22-18)24-13-17-10-8-7-9-16(17)12-20(24,4)5/h7-11,14H,6,12-13H2,1-5H3,(H,21,22,23)/t14-/m0/s1. The van der Waals surface area contributed by atoms with Gasteiger partial charge < -0.3 is 10.2 Å². The second-order valence-electron chi connectivity index (χ2n) is 7.46. The number of nitrogens with one attached hydrogen (secondary N) is 1. The van der Waals surface area contributed by atoms with Crippen molar-refractivity contribution in [2.75, 3.05) is 10.2 Å². The Bertz CT molecular complexity index is 723. The summed E-state index contributed by atoms with van der Waals surface area (Å²) in [5.41, 5.74) is 2.87. The molecule has 0 radical (unpaired) electrons. The lowest BCUT2D eigenvalue weighted by atomic mass is 9.85. The average Bonchev–Trinajstić information content (AvgIpc) is 2.52. The van der Waals surface area contributed by atoms with Gasteiger partial charge in [-0.25, -0.2) is 9.97 Å². The molecule has 3 rings (SSSR count). The molecule has 2 heterocycles. The zero-order chi connectivity index (χ0) is 17.3. The van der Waals surface area contributed by atoms with Crippen LogP contribution in [0.4, 0.5) is 11.6 Å². The molecule has 1 atom stereocenters. The number of benzene rings is 1. The third-order valence-corrected chi connectivity index (χ3v) is 4.91. The summed E-state index contributed by atoms with van der Waals surface area (Å²) in [7, 11) is 0. The molecule has 1 aromatic heterocycles. The van der Waals surface area contributed by atoms with Crippen LogP contribution in [0.25, 0.3) is 0 Å². The van der Waals surface area contributed by atoms with Gasteiger partial charge in [0.15, 0.2) is 0 Å². The van der Waals surface area contributed by atoms with Crippen molar-refractivity contribution in [1.82, 2.24) is 9.97 Å². The summed E-state index contributed by atoms with van der Waals surface area (Å²) >= 11 is 0. The molecule has 1 aliphatic rings. The average molecular weight is 324 g/mol. The highest BCUT2D eigenvalue weighted by atomic mass is 15.3. The highest BCUT2D eigenvalue weighted by Crippen LogP contribution is 2.34. The maximum Gasteiger partial charge on any atom is 0.135 e. The topological polar surface area (TPSA) is 41.0 Å². The second-order valence-corrected chi connectivity index (χ2v) is 7.46. The van der Waals surface area contributed by atoms with Gasteiger partial charge in [-0.1, -0.05) is 31.2 Å². The predicted molar refractivity (Wildman–Crippen MR) is 101 cm³/mol. The first kappa shape index (κ1) is 16.7. The summed E-state index contributed by atoms with van der Waals surface area (Å²) in [5, 5.41) is 3.48. The quantitative estimate of drug-likeness (QED) is 0.908. The number of hydrogen-bond donors (Lipinski definition) is 1. The highest BCUT2D eigenvalue weighted by molar-refractivity contribution is 5.54. The molecule has 1 aliphatic heterocycles. The fraction of sp³-hybridized carbons (Fsp3) is 0.500. The van der Waals surface area contributed by atoms with Gasteiger partial charge >= 0.3 is 0 Å². The molecule has 0 bridgehead atoms. The van der Waals surface area contributed by atoms with Gasteiger partial charge in [0.25, 0.3) is 0 Å². The van der Waals surface area contributed by atoms with Crippen molar-refractivity contribution in [2.45, 2.75) is 65.6 Å². The molecule has 0 saturated carbocycles. The number of nitrogens with zero attached hydrogens (tertiary/aromatic N) is 3. The van der Waals surface area contributed by atoms with Gasteiger partial charge in [-0.05, 0) is 51.7 Å². The Morgan fingerprint density at radius 3 is 2.62 bits per heavy atom. The van der Waals surface area contributed by atoms with E-state index in [-0.39, 0.29) is 5.54 Å². The Morgan fingerprint density at radius 2 is 1.92 bits per heavy atom. The Hall–Kier alpha value is -2.10. The van der Waals surface area contributed by atoms with Crippen LogP contribution in [0.5, 0.6) is 0 Å². The molecule has 1 aromatic carbocycles. The minimum Gasteiger partial charge on any atom is -0.367 e. The molecular formula is C20H28N4. The van der Waals surface area contributed by atoms with E-state index >= 15 is 0 Å². The monoisotopic (exact) mass is 324 g/mol. The lowest BCUT2D eigenvalue weighted by Crippen LogP contribution is -2.49. The van der Waals surface area contributed by atoms with E-state index in [1.165, 1.54) is 11.1 Å². The van der Waals surface area contributed by atoms with Crippen molar-refractivity contribution in [3.05, 3.63) is 47.3 Å². The zero-order valence-corrected chi connectivity index (χ0v) is 15.4. The molecule has 0 unspecified atom stereocenters. The molecule has 0 aliphatic carbocycles. The van der Waals surface area contributed by atoms with Crippen LogP contribution in [-0.4, -0.2) is 21.5 Å². The summed E-state index contributed by atoms with van der Waals surface area (Å²) in [5.74, 6) is 2.74. The van der Waals surface area contributed by atoms with Gasteiger partial charge in [-0.15, -0.1) is 0 Å². The van der Waals surface area contributed by atoms with Crippen LogP contribution < -0.4 is 10.2 Å². The largest absolute Gasteiger partial charge is 0.367 e. The molecule has 24 heavy (non-hydrogen) atoms. The molecule has 1 N–H and O–H groups in total. The summed E-state index contributed by atoms with van der Waals surface area (Å²) in [6.07, 6.45) is 2.10. The SMILES string of the molecule is CC[C@H](C)Nc1cc(N2Cc3ccccc3CC2(C)C)nc(C)n1. The van der Waals surface area contributed by atoms with E-state index < -0.39 is 0 Å². The van der Waals surface area contributed by atoms with Crippen LogP contribution in [-0.2, 0) is 13.0 Å². The third kappa shape index (κ3) is 3.37. The van der Waals surface area contributed by atoms with E-state index in [1.54, 1.807) is 0 Å². The van der Waals surface area contributed by atoms with Gasteiger partial charge in [0.1, 0.15) is 17.5 Å². The highest BCUT2D eigenvalue weighted by Gasteiger charge is 2.33. The van der Waals surface area contributed by atoms with Crippen LogP contribution >= 0.6 is 0 Å². The fourth-order valence-electron chi connectivity index (χ4n) is 3.34. The van der Waals surface area contributed by atoms with Crippen molar-refractivity contribution in [3.63, 3.8) is 0 Å². The predicted octanol–water partition coefficient (Wildman–Crippen LogP) is 4.34. The van der Waals surface area contributed by atoms with Crippen LogP contribution in [0.1, 0.15) is 51.1 Å². The number of rotatable bonds is 4. The smallest absolute Gasteiger partial charge is 0.135 e. The molecule has 2 aromatic rings. The van der Waals surface area contributed by atoms with Crippen molar-refractivity contribution in [3.8, 4) is 0 Å². The first-order chi connectivity index (χ1) is 11.4. The van der Waals surface area contributed by atoms with Gasteiger partial charge in [0.2, 0.25) is 0 Å². The normalized spacial score (nSPS) is 17.3. The molecule has 0 saturated heterocycles. The maximum absolute atomic E-state index is 4.73. The number of anilines is 2. The first-order valence-electron chi connectivity index (χ1n) is 8.85. The van der Waals surface area contributed by atoms with Crippen LogP contribution in [0.3, 0.4) is 0 Å². The van der Waals surface area contributed by atoms with Crippen LogP contribution in [0.15, 0.2) is 30.3 Å². The van der Waals surface area contributed by atoms with E-state index in [2.05, 4.69) is 73.2 Å². The van der Waals surface area contributed by atoms with Crippen molar-refractivity contribution in [1.29, 1.82) is 0 Å². The first-order valence-corrected chi connectivity index (χ1v) is 8.85. The Morgan fingerprint density at radius 1 is 1.21 bits per heavy atom. The van der Waals surface area contributed by atoms with E-state index in [1.807, 2.05) is 6.92 Å². The van der Waals surface area contributed by atoms with Gasteiger partial charge in [-0.2, -0.15) is 0 Å². The Kier molecular flexibility index (Phi) is 4.48. The lowest BCUT2D eigenvalue weighted by Gasteiger charge is -2.44. The van der Waals surface area contributed by atoms with E-state index in [0.717, 1.165) is 36.8 Å².